The van der Waals surface area contributed by atoms with Crippen LogP contribution in [0.15, 0.2) is 17.5 Å². The van der Waals surface area contributed by atoms with E-state index >= 15 is 0 Å². The number of thiophene rings is 1. The lowest BCUT2D eigenvalue weighted by atomic mass is 9.96. The van der Waals surface area contributed by atoms with Gasteiger partial charge >= 0.3 is 0 Å². The molecule has 1 aromatic heterocycles. The summed E-state index contributed by atoms with van der Waals surface area (Å²) in [5.74, 6) is 0.891. The SMILES string of the molecule is CCCN(CC1CCNCC1)C(CC)c1cccs1. The van der Waals surface area contributed by atoms with Crippen LogP contribution in [0.5, 0.6) is 0 Å². The molecule has 1 aliphatic heterocycles. The summed E-state index contributed by atoms with van der Waals surface area (Å²) in [6.07, 6.45) is 5.18. The van der Waals surface area contributed by atoms with Crippen molar-refractivity contribution in [2.45, 2.75) is 45.6 Å². The second-order valence-corrected chi connectivity index (χ2v) is 6.61. The lowest BCUT2D eigenvalue weighted by Gasteiger charge is -2.35. The molecule has 0 aliphatic carbocycles. The maximum atomic E-state index is 3.47. The largest absolute Gasteiger partial charge is 0.317 e. The molecule has 0 aromatic carbocycles. The minimum Gasteiger partial charge on any atom is -0.317 e. The molecule has 19 heavy (non-hydrogen) atoms. The standard InChI is InChI=1S/C16H28N2S/c1-3-11-18(13-14-7-9-17-10-8-14)15(4-2)16-6-5-12-19-16/h5-6,12,14-15,17H,3-4,7-11,13H2,1-2H3. The number of nitrogens with zero attached hydrogens (tertiary/aromatic N) is 1. The van der Waals surface area contributed by atoms with Crippen molar-refractivity contribution in [3.05, 3.63) is 22.4 Å². The number of hydrogen-bond donors (Lipinski definition) is 1. The zero-order valence-electron chi connectivity index (χ0n) is 12.4. The average Bonchev–Trinajstić information content (AvgIpc) is 2.95. The summed E-state index contributed by atoms with van der Waals surface area (Å²) in [5, 5.41) is 5.69. The van der Waals surface area contributed by atoms with E-state index in [1.165, 1.54) is 51.9 Å². The molecule has 0 spiro atoms. The van der Waals surface area contributed by atoms with Gasteiger partial charge in [-0.05, 0) is 62.7 Å². The first-order valence-electron chi connectivity index (χ1n) is 7.83. The van der Waals surface area contributed by atoms with Crippen LogP contribution in [0.1, 0.15) is 50.4 Å². The summed E-state index contributed by atoms with van der Waals surface area (Å²) in [5.41, 5.74) is 0. The molecule has 1 unspecified atom stereocenters. The highest BCUT2D eigenvalue weighted by Gasteiger charge is 2.23. The molecule has 0 radical (unpaired) electrons. The molecular formula is C16H28N2S. The lowest BCUT2D eigenvalue weighted by molar-refractivity contribution is 0.150. The highest BCUT2D eigenvalue weighted by molar-refractivity contribution is 7.10. The smallest absolute Gasteiger partial charge is 0.0438 e. The van der Waals surface area contributed by atoms with Gasteiger partial charge in [-0.3, -0.25) is 4.90 Å². The number of piperidine rings is 1. The van der Waals surface area contributed by atoms with Gasteiger partial charge in [-0.1, -0.05) is 19.9 Å². The highest BCUT2D eigenvalue weighted by Crippen LogP contribution is 2.30. The fraction of sp³-hybridized carbons (Fsp3) is 0.750. The Kier molecular flexibility index (Phi) is 6.35. The molecule has 3 heteroatoms. The average molecular weight is 280 g/mol. The minimum atomic E-state index is 0.634. The summed E-state index contributed by atoms with van der Waals surface area (Å²) in [4.78, 5) is 4.28. The van der Waals surface area contributed by atoms with Gasteiger partial charge in [0.2, 0.25) is 0 Å². The van der Waals surface area contributed by atoms with E-state index in [0.29, 0.717) is 6.04 Å². The van der Waals surface area contributed by atoms with Gasteiger partial charge in [-0.25, -0.2) is 0 Å². The molecular weight excluding hydrogens is 252 g/mol. The van der Waals surface area contributed by atoms with Crippen LogP contribution in [0.3, 0.4) is 0 Å². The predicted octanol–water partition coefficient (Wildman–Crippen LogP) is 3.91. The Morgan fingerprint density at radius 1 is 1.37 bits per heavy atom. The molecule has 2 nitrogen and oxygen atoms in total. The number of hydrogen-bond acceptors (Lipinski definition) is 3. The third-order valence-electron chi connectivity index (χ3n) is 4.16. The van der Waals surface area contributed by atoms with Gasteiger partial charge in [-0.2, -0.15) is 0 Å². The number of rotatable bonds is 7. The second kappa shape index (κ2) is 8.03. The van der Waals surface area contributed by atoms with E-state index in [-0.39, 0.29) is 0 Å². The molecule has 1 aliphatic rings. The molecule has 1 saturated heterocycles. The van der Waals surface area contributed by atoms with E-state index in [1.54, 1.807) is 4.88 Å². The van der Waals surface area contributed by atoms with Crippen LogP contribution >= 0.6 is 11.3 Å². The summed E-state index contributed by atoms with van der Waals surface area (Å²) in [6, 6.07) is 5.14. The zero-order valence-corrected chi connectivity index (χ0v) is 13.2. The number of nitrogens with one attached hydrogen (secondary N) is 1. The summed E-state index contributed by atoms with van der Waals surface area (Å²) >= 11 is 1.92. The topological polar surface area (TPSA) is 15.3 Å². The molecule has 1 N–H and O–H groups in total. The molecule has 108 valence electrons. The first-order valence-corrected chi connectivity index (χ1v) is 8.71. The fourth-order valence-electron chi connectivity index (χ4n) is 3.18. The van der Waals surface area contributed by atoms with Crippen LogP contribution in [0.4, 0.5) is 0 Å². The third-order valence-corrected chi connectivity index (χ3v) is 5.13. The van der Waals surface area contributed by atoms with Crippen LogP contribution < -0.4 is 5.32 Å². The monoisotopic (exact) mass is 280 g/mol. The minimum absolute atomic E-state index is 0.634. The molecule has 0 bridgehead atoms. The van der Waals surface area contributed by atoms with Crippen LogP contribution in [0.2, 0.25) is 0 Å². The lowest BCUT2D eigenvalue weighted by Crippen LogP contribution is -2.38. The summed E-state index contributed by atoms with van der Waals surface area (Å²) in [6.45, 7) is 9.57. The Labute approximate surface area is 122 Å². The predicted molar refractivity (Wildman–Crippen MR) is 84.8 cm³/mol. The maximum Gasteiger partial charge on any atom is 0.0438 e. The van der Waals surface area contributed by atoms with Crippen molar-refractivity contribution in [2.75, 3.05) is 26.2 Å². The first kappa shape index (κ1) is 15.0. The molecule has 1 atom stereocenters. The van der Waals surface area contributed by atoms with Gasteiger partial charge in [0, 0.05) is 17.5 Å². The van der Waals surface area contributed by atoms with E-state index < -0.39 is 0 Å². The summed E-state index contributed by atoms with van der Waals surface area (Å²) < 4.78 is 0. The molecule has 2 heterocycles. The van der Waals surface area contributed by atoms with E-state index in [2.05, 4.69) is 41.6 Å². The zero-order chi connectivity index (χ0) is 13.5. The molecule has 1 aromatic rings. The quantitative estimate of drug-likeness (QED) is 0.814. The van der Waals surface area contributed by atoms with Crippen LogP contribution in [0.25, 0.3) is 0 Å². The summed E-state index contributed by atoms with van der Waals surface area (Å²) in [7, 11) is 0. The Morgan fingerprint density at radius 3 is 2.74 bits per heavy atom. The Morgan fingerprint density at radius 2 is 2.16 bits per heavy atom. The van der Waals surface area contributed by atoms with Gasteiger partial charge in [0.15, 0.2) is 0 Å². The molecule has 0 saturated carbocycles. The van der Waals surface area contributed by atoms with E-state index in [0.717, 1.165) is 5.92 Å². The molecule has 1 fully saturated rings. The Balaban J connectivity index is 2.00. The molecule has 2 rings (SSSR count). The van der Waals surface area contributed by atoms with Crippen LogP contribution in [-0.4, -0.2) is 31.1 Å². The van der Waals surface area contributed by atoms with Crippen molar-refractivity contribution in [3.8, 4) is 0 Å². The van der Waals surface area contributed by atoms with E-state index in [1.807, 2.05) is 11.3 Å². The first-order chi connectivity index (χ1) is 9.35. The van der Waals surface area contributed by atoms with Gasteiger partial charge in [0.25, 0.3) is 0 Å². The molecule has 0 amide bonds. The van der Waals surface area contributed by atoms with Crippen molar-refractivity contribution in [3.63, 3.8) is 0 Å². The van der Waals surface area contributed by atoms with E-state index in [9.17, 15) is 0 Å². The Hall–Kier alpha value is -0.380. The van der Waals surface area contributed by atoms with Crippen LogP contribution in [0, 0.1) is 5.92 Å². The van der Waals surface area contributed by atoms with Crippen LogP contribution in [-0.2, 0) is 0 Å². The van der Waals surface area contributed by atoms with Crippen molar-refractivity contribution < 1.29 is 0 Å². The third kappa shape index (κ3) is 4.30. The van der Waals surface area contributed by atoms with Gasteiger partial charge in [0.1, 0.15) is 0 Å². The highest BCUT2D eigenvalue weighted by atomic mass is 32.1. The van der Waals surface area contributed by atoms with Gasteiger partial charge in [0.05, 0.1) is 0 Å². The maximum absolute atomic E-state index is 3.47. The van der Waals surface area contributed by atoms with Crippen molar-refractivity contribution in [1.82, 2.24) is 10.2 Å². The van der Waals surface area contributed by atoms with Gasteiger partial charge in [-0.15, -0.1) is 11.3 Å². The van der Waals surface area contributed by atoms with Crippen molar-refractivity contribution in [1.29, 1.82) is 0 Å². The normalized spacial score (nSPS) is 18.9. The van der Waals surface area contributed by atoms with Crippen molar-refractivity contribution in [2.24, 2.45) is 5.92 Å². The fourth-order valence-corrected chi connectivity index (χ4v) is 4.12. The van der Waals surface area contributed by atoms with Gasteiger partial charge < -0.3 is 5.32 Å². The second-order valence-electron chi connectivity index (χ2n) is 5.63. The Bertz CT molecular complexity index is 331. The van der Waals surface area contributed by atoms with Crippen molar-refractivity contribution >= 4 is 11.3 Å². The van der Waals surface area contributed by atoms with E-state index in [4.69, 9.17) is 0 Å².